The van der Waals surface area contributed by atoms with E-state index in [2.05, 4.69) is 12.2 Å². The Balaban J connectivity index is 2.19. The maximum atomic E-state index is 6.06. The molecular formula is C16H16Cl3NO. The maximum absolute atomic E-state index is 6.06. The highest BCUT2D eigenvalue weighted by molar-refractivity contribution is 6.42. The van der Waals surface area contributed by atoms with Gasteiger partial charge in [-0.3, -0.25) is 0 Å². The molecule has 0 bridgehead atoms. The molecule has 0 unspecified atom stereocenters. The third-order valence-corrected chi connectivity index (χ3v) is 3.86. The molecule has 0 aliphatic heterocycles. The summed E-state index contributed by atoms with van der Waals surface area (Å²) < 4.78 is 5.89. The summed E-state index contributed by atoms with van der Waals surface area (Å²) >= 11 is 18.0. The van der Waals surface area contributed by atoms with Crippen LogP contribution in [0.4, 0.5) is 0 Å². The van der Waals surface area contributed by atoms with Gasteiger partial charge in [0.1, 0.15) is 11.5 Å². The van der Waals surface area contributed by atoms with Crippen molar-refractivity contribution in [1.29, 1.82) is 0 Å². The molecule has 0 aromatic heterocycles. The highest BCUT2D eigenvalue weighted by Crippen LogP contribution is 2.32. The fourth-order valence-corrected chi connectivity index (χ4v) is 2.34. The highest BCUT2D eigenvalue weighted by atomic mass is 35.5. The zero-order chi connectivity index (χ0) is 15.2. The molecule has 0 aliphatic carbocycles. The summed E-state index contributed by atoms with van der Waals surface area (Å²) in [5, 5.41) is 5.00. The molecule has 0 spiro atoms. The van der Waals surface area contributed by atoms with Gasteiger partial charge in [0.05, 0.1) is 10.0 Å². The second-order valence-electron chi connectivity index (χ2n) is 4.61. The Labute approximate surface area is 140 Å². The van der Waals surface area contributed by atoms with E-state index in [9.17, 15) is 0 Å². The average molecular weight is 345 g/mol. The molecule has 0 heterocycles. The topological polar surface area (TPSA) is 21.3 Å². The highest BCUT2D eigenvalue weighted by Gasteiger charge is 2.07. The Kier molecular flexibility index (Phi) is 6.19. The molecule has 0 saturated carbocycles. The zero-order valence-electron chi connectivity index (χ0n) is 11.6. The fourth-order valence-electron chi connectivity index (χ4n) is 1.85. The molecule has 2 aromatic rings. The fraction of sp³-hybridized carbons (Fsp3) is 0.250. The lowest BCUT2D eigenvalue weighted by molar-refractivity contribution is 0.472. The molecule has 5 heteroatoms. The van der Waals surface area contributed by atoms with E-state index in [0.29, 0.717) is 27.4 Å². The van der Waals surface area contributed by atoms with E-state index in [1.54, 1.807) is 24.3 Å². The Hall–Kier alpha value is -0.930. The molecule has 1 N–H and O–H groups in total. The second-order valence-corrected chi connectivity index (χ2v) is 5.86. The van der Waals surface area contributed by atoms with Gasteiger partial charge in [0, 0.05) is 23.2 Å². The number of hydrogen-bond donors (Lipinski definition) is 1. The van der Waals surface area contributed by atoms with E-state index in [-0.39, 0.29) is 0 Å². The Morgan fingerprint density at radius 1 is 1.00 bits per heavy atom. The first-order valence-corrected chi connectivity index (χ1v) is 7.85. The van der Waals surface area contributed by atoms with Gasteiger partial charge in [0.15, 0.2) is 0 Å². The average Bonchev–Trinajstić information content (AvgIpc) is 2.46. The third-order valence-electron chi connectivity index (χ3n) is 2.88. The van der Waals surface area contributed by atoms with Gasteiger partial charge in [-0.2, -0.15) is 0 Å². The van der Waals surface area contributed by atoms with Crippen LogP contribution in [-0.4, -0.2) is 6.54 Å². The molecule has 2 rings (SSSR count). The SMILES string of the molecule is CCCNCc1cc(Cl)ccc1Oc1ccc(Cl)c(Cl)c1. The largest absolute Gasteiger partial charge is 0.457 e. The summed E-state index contributed by atoms with van der Waals surface area (Å²) in [6.07, 6.45) is 1.07. The van der Waals surface area contributed by atoms with Gasteiger partial charge < -0.3 is 10.1 Å². The van der Waals surface area contributed by atoms with Crippen LogP contribution in [0.1, 0.15) is 18.9 Å². The van der Waals surface area contributed by atoms with E-state index in [4.69, 9.17) is 39.5 Å². The van der Waals surface area contributed by atoms with E-state index in [1.165, 1.54) is 0 Å². The number of benzene rings is 2. The summed E-state index contributed by atoms with van der Waals surface area (Å²) in [6.45, 7) is 3.77. The smallest absolute Gasteiger partial charge is 0.132 e. The summed E-state index contributed by atoms with van der Waals surface area (Å²) in [5.41, 5.74) is 1.00. The zero-order valence-corrected chi connectivity index (χ0v) is 13.9. The van der Waals surface area contributed by atoms with Crippen LogP contribution in [0, 0.1) is 0 Å². The minimum atomic E-state index is 0.466. The van der Waals surface area contributed by atoms with Crippen molar-refractivity contribution in [2.24, 2.45) is 0 Å². The van der Waals surface area contributed by atoms with Crippen LogP contribution in [-0.2, 0) is 6.54 Å². The van der Waals surface area contributed by atoms with E-state index >= 15 is 0 Å². The minimum absolute atomic E-state index is 0.466. The molecule has 0 amide bonds. The second kappa shape index (κ2) is 7.90. The normalized spacial score (nSPS) is 10.7. The quantitative estimate of drug-likeness (QED) is 0.655. The molecular weight excluding hydrogens is 329 g/mol. The molecule has 0 fully saturated rings. The van der Waals surface area contributed by atoms with Crippen molar-refractivity contribution in [3.8, 4) is 11.5 Å². The van der Waals surface area contributed by atoms with Gasteiger partial charge in [0.2, 0.25) is 0 Å². The number of hydrogen-bond acceptors (Lipinski definition) is 2. The van der Waals surface area contributed by atoms with Crippen molar-refractivity contribution >= 4 is 34.8 Å². The van der Waals surface area contributed by atoms with Gasteiger partial charge in [-0.1, -0.05) is 41.7 Å². The van der Waals surface area contributed by atoms with Crippen molar-refractivity contribution in [1.82, 2.24) is 5.32 Å². The molecule has 112 valence electrons. The molecule has 2 nitrogen and oxygen atoms in total. The summed E-state index contributed by atoms with van der Waals surface area (Å²) in [5.74, 6) is 1.39. The van der Waals surface area contributed by atoms with Gasteiger partial charge in [-0.15, -0.1) is 0 Å². The number of ether oxygens (including phenoxy) is 1. The Bertz CT molecular complexity index is 616. The first kappa shape index (κ1) is 16.4. The first-order valence-electron chi connectivity index (χ1n) is 6.72. The Morgan fingerprint density at radius 2 is 1.81 bits per heavy atom. The lowest BCUT2D eigenvalue weighted by Gasteiger charge is -2.13. The van der Waals surface area contributed by atoms with E-state index in [0.717, 1.165) is 24.3 Å². The Morgan fingerprint density at radius 3 is 2.52 bits per heavy atom. The van der Waals surface area contributed by atoms with Crippen LogP contribution in [0.3, 0.4) is 0 Å². The third kappa shape index (κ3) is 4.79. The van der Waals surface area contributed by atoms with E-state index in [1.807, 2.05) is 12.1 Å². The minimum Gasteiger partial charge on any atom is -0.457 e. The molecule has 0 atom stereocenters. The van der Waals surface area contributed by atoms with Crippen molar-refractivity contribution < 1.29 is 4.74 Å². The van der Waals surface area contributed by atoms with Crippen molar-refractivity contribution in [2.45, 2.75) is 19.9 Å². The molecule has 0 saturated heterocycles. The lowest BCUT2D eigenvalue weighted by atomic mass is 10.2. The predicted octanol–water partition coefficient (Wildman–Crippen LogP) is 5.94. The summed E-state index contributed by atoms with van der Waals surface area (Å²) in [7, 11) is 0. The molecule has 21 heavy (non-hydrogen) atoms. The number of nitrogens with one attached hydrogen (secondary N) is 1. The standard InChI is InChI=1S/C16H16Cl3NO/c1-2-7-20-10-11-8-12(17)3-6-16(11)21-13-4-5-14(18)15(19)9-13/h3-6,8-9,20H,2,7,10H2,1H3. The van der Waals surface area contributed by atoms with Gasteiger partial charge in [-0.25, -0.2) is 0 Å². The molecule has 0 radical (unpaired) electrons. The van der Waals surface area contributed by atoms with Crippen LogP contribution in [0.5, 0.6) is 11.5 Å². The van der Waals surface area contributed by atoms with Crippen LogP contribution in [0.2, 0.25) is 15.1 Å². The first-order chi connectivity index (χ1) is 10.1. The van der Waals surface area contributed by atoms with Crippen molar-refractivity contribution in [3.05, 3.63) is 57.0 Å². The predicted molar refractivity (Wildman–Crippen MR) is 90.0 cm³/mol. The van der Waals surface area contributed by atoms with Gasteiger partial charge in [0.25, 0.3) is 0 Å². The van der Waals surface area contributed by atoms with Gasteiger partial charge in [-0.05, 0) is 43.3 Å². The van der Waals surface area contributed by atoms with Crippen LogP contribution >= 0.6 is 34.8 Å². The monoisotopic (exact) mass is 343 g/mol. The van der Waals surface area contributed by atoms with E-state index < -0.39 is 0 Å². The number of halogens is 3. The maximum Gasteiger partial charge on any atom is 0.132 e. The van der Waals surface area contributed by atoms with Crippen LogP contribution in [0.25, 0.3) is 0 Å². The van der Waals surface area contributed by atoms with Crippen molar-refractivity contribution in [2.75, 3.05) is 6.54 Å². The summed E-state index contributed by atoms with van der Waals surface area (Å²) in [6, 6.07) is 10.8. The molecule has 2 aromatic carbocycles. The van der Waals surface area contributed by atoms with Gasteiger partial charge >= 0.3 is 0 Å². The van der Waals surface area contributed by atoms with Crippen LogP contribution < -0.4 is 10.1 Å². The van der Waals surface area contributed by atoms with Crippen LogP contribution in [0.15, 0.2) is 36.4 Å². The molecule has 0 aliphatic rings. The van der Waals surface area contributed by atoms with Crippen molar-refractivity contribution in [3.63, 3.8) is 0 Å². The summed E-state index contributed by atoms with van der Waals surface area (Å²) in [4.78, 5) is 0. The lowest BCUT2D eigenvalue weighted by Crippen LogP contribution is -2.14. The number of rotatable bonds is 6.